The summed E-state index contributed by atoms with van der Waals surface area (Å²) in [5.41, 5.74) is 4.71. The van der Waals surface area contributed by atoms with Gasteiger partial charge < -0.3 is 20.5 Å². The first kappa shape index (κ1) is 23.8. The lowest BCUT2D eigenvalue weighted by Crippen LogP contribution is -2.44. The van der Waals surface area contributed by atoms with Crippen molar-refractivity contribution in [2.24, 2.45) is 5.92 Å². The Morgan fingerprint density at radius 3 is 2.32 bits per heavy atom. The van der Waals surface area contributed by atoms with Crippen LogP contribution in [-0.2, 0) is 14.3 Å². The topological polar surface area (TPSA) is 105 Å². The van der Waals surface area contributed by atoms with Crippen LogP contribution in [0, 0.1) is 5.92 Å². The maximum Gasteiger partial charge on any atom is 0.407 e. The zero-order chi connectivity index (χ0) is 24.1. The van der Waals surface area contributed by atoms with Crippen LogP contribution in [0.25, 0.3) is 11.1 Å². The molecule has 0 saturated heterocycles. The second-order valence-electron chi connectivity index (χ2n) is 9.37. The highest BCUT2D eigenvalue weighted by atomic mass is 16.5. The first-order valence-electron chi connectivity index (χ1n) is 12.1. The van der Waals surface area contributed by atoms with E-state index in [1.807, 2.05) is 31.2 Å². The third kappa shape index (κ3) is 5.58. The minimum absolute atomic E-state index is 0.00956. The number of carboxylic acids is 1. The molecule has 0 spiro atoms. The van der Waals surface area contributed by atoms with Crippen molar-refractivity contribution in [2.75, 3.05) is 6.61 Å². The van der Waals surface area contributed by atoms with E-state index in [4.69, 9.17) is 9.84 Å². The van der Waals surface area contributed by atoms with Crippen molar-refractivity contribution in [1.82, 2.24) is 10.6 Å². The van der Waals surface area contributed by atoms with Gasteiger partial charge in [-0.3, -0.25) is 9.59 Å². The van der Waals surface area contributed by atoms with E-state index in [1.54, 1.807) is 0 Å². The molecule has 4 rings (SSSR count). The van der Waals surface area contributed by atoms with Gasteiger partial charge in [0.05, 0.1) is 0 Å². The number of alkyl carbamates (subject to hydrolysis) is 1. The molecule has 1 saturated carbocycles. The van der Waals surface area contributed by atoms with Gasteiger partial charge in [0.2, 0.25) is 5.91 Å². The summed E-state index contributed by atoms with van der Waals surface area (Å²) in [6.45, 7) is 2.08. The first-order valence-corrected chi connectivity index (χ1v) is 12.1. The zero-order valence-corrected chi connectivity index (χ0v) is 19.5. The Bertz CT molecular complexity index is 1010. The molecule has 7 heteroatoms. The van der Waals surface area contributed by atoms with E-state index in [1.165, 1.54) is 22.3 Å². The number of amides is 2. The molecule has 2 aliphatic rings. The van der Waals surface area contributed by atoms with Crippen LogP contribution in [0.15, 0.2) is 48.5 Å². The number of carbonyl (C=O) groups excluding carboxylic acids is 2. The second kappa shape index (κ2) is 10.7. The smallest absolute Gasteiger partial charge is 0.407 e. The zero-order valence-electron chi connectivity index (χ0n) is 19.5. The number of benzene rings is 2. The molecule has 0 heterocycles. The van der Waals surface area contributed by atoms with Gasteiger partial charge in [-0.25, -0.2) is 4.79 Å². The summed E-state index contributed by atoms with van der Waals surface area (Å²) in [4.78, 5) is 36.0. The molecule has 34 heavy (non-hydrogen) atoms. The van der Waals surface area contributed by atoms with Crippen LogP contribution < -0.4 is 10.6 Å². The van der Waals surface area contributed by atoms with Crippen LogP contribution in [0.2, 0.25) is 0 Å². The SMILES string of the molecule is CC(CCC(=O)O)NC(=O)[C@@H]1CCC[C@H](NC(=O)OCC2c3ccccc3-c3ccccc32)C1. The fraction of sp³-hybridized carbons (Fsp3) is 0.444. The molecule has 0 bridgehead atoms. The van der Waals surface area contributed by atoms with Gasteiger partial charge in [-0.1, -0.05) is 55.0 Å². The minimum atomic E-state index is -0.869. The Morgan fingerprint density at radius 1 is 1.03 bits per heavy atom. The minimum Gasteiger partial charge on any atom is -0.481 e. The van der Waals surface area contributed by atoms with Crippen LogP contribution in [0.1, 0.15) is 62.5 Å². The van der Waals surface area contributed by atoms with Gasteiger partial charge in [-0.2, -0.15) is 0 Å². The van der Waals surface area contributed by atoms with Gasteiger partial charge in [0.25, 0.3) is 0 Å². The molecular formula is C27H32N2O5. The van der Waals surface area contributed by atoms with Crippen LogP contribution in [-0.4, -0.2) is 41.8 Å². The van der Waals surface area contributed by atoms with Crippen molar-refractivity contribution in [3.8, 4) is 11.1 Å². The quantitative estimate of drug-likeness (QED) is 0.535. The van der Waals surface area contributed by atoms with Crippen molar-refractivity contribution in [1.29, 1.82) is 0 Å². The summed E-state index contributed by atoms with van der Waals surface area (Å²) in [6, 6.07) is 16.1. The number of fused-ring (bicyclic) bond motifs is 3. The molecular weight excluding hydrogens is 432 g/mol. The van der Waals surface area contributed by atoms with Crippen LogP contribution >= 0.6 is 0 Å². The first-order chi connectivity index (χ1) is 16.4. The maximum atomic E-state index is 12.6. The van der Waals surface area contributed by atoms with E-state index in [-0.39, 0.29) is 42.9 Å². The molecule has 3 atom stereocenters. The van der Waals surface area contributed by atoms with Gasteiger partial charge in [-0.05, 0) is 54.9 Å². The molecule has 1 fully saturated rings. The van der Waals surface area contributed by atoms with E-state index < -0.39 is 12.1 Å². The molecule has 2 amide bonds. The molecule has 180 valence electrons. The monoisotopic (exact) mass is 464 g/mol. The Morgan fingerprint density at radius 2 is 1.68 bits per heavy atom. The predicted octanol–water partition coefficient (Wildman–Crippen LogP) is 4.45. The van der Waals surface area contributed by atoms with Crippen molar-refractivity contribution >= 4 is 18.0 Å². The highest BCUT2D eigenvalue weighted by Gasteiger charge is 2.31. The number of aliphatic carboxylic acids is 1. The summed E-state index contributed by atoms with van der Waals surface area (Å²) >= 11 is 0. The van der Waals surface area contributed by atoms with E-state index >= 15 is 0 Å². The predicted molar refractivity (Wildman–Crippen MR) is 128 cm³/mol. The highest BCUT2D eigenvalue weighted by Crippen LogP contribution is 2.44. The molecule has 1 unspecified atom stereocenters. The molecule has 3 N–H and O–H groups in total. The van der Waals surface area contributed by atoms with Crippen molar-refractivity contribution in [3.63, 3.8) is 0 Å². The van der Waals surface area contributed by atoms with E-state index in [2.05, 4.69) is 34.9 Å². The Kier molecular flexibility index (Phi) is 7.50. The average molecular weight is 465 g/mol. The third-order valence-electron chi connectivity index (χ3n) is 6.89. The van der Waals surface area contributed by atoms with Gasteiger partial charge in [-0.15, -0.1) is 0 Å². The van der Waals surface area contributed by atoms with Crippen molar-refractivity contribution in [3.05, 3.63) is 59.7 Å². The largest absolute Gasteiger partial charge is 0.481 e. The maximum absolute atomic E-state index is 12.6. The summed E-state index contributed by atoms with van der Waals surface area (Å²) < 4.78 is 5.65. The van der Waals surface area contributed by atoms with E-state index in [0.29, 0.717) is 12.8 Å². The highest BCUT2D eigenvalue weighted by molar-refractivity contribution is 5.80. The number of carbonyl (C=O) groups is 3. The summed E-state index contributed by atoms with van der Waals surface area (Å²) in [7, 11) is 0. The summed E-state index contributed by atoms with van der Waals surface area (Å²) in [5, 5.41) is 14.7. The Balaban J connectivity index is 1.28. The van der Waals surface area contributed by atoms with Crippen LogP contribution in [0.5, 0.6) is 0 Å². The Hall–Kier alpha value is -3.35. The number of nitrogens with one attached hydrogen (secondary N) is 2. The lowest BCUT2D eigenvalue weighted by Gasteiger charge is -2.29. The number of carboxylic acid groups (broad SMARTS) is 1. The lowest BCUT2D eigenvalue weighted by atomic mass is 9.85. The lowest BCUT2D eigenvalue weighted by molar-refractivity contribution is -0.137. The number of ether oxygens (including phenoxy) is 1. The molecule has 0 aliphatic heterocycles. The van der Waals surface area contributed by atoms with Gasteiger partial charge in [0.1, 0.15) is 6.61 Å². The van der Waals surface area contributed by atoms with E-state index in [9.17, 15) is 14.4 Å². The fourth-order valence-electron chi connectivity index (χ4n) is 5.14. The van der Waals surface area contributed by atoms with Crippen molar-refractivity contribution < 1.29 is 24.2 Å². The average Bonchev–Trinajstić information content (AvgIpc) is 3.15. The van der Waals surface area contributed by atoms with Gasteiger partial charge in [0, 0.05) is 30.3 Å². The fourth-order valence-corrected chi connectivity index (χ4v) is 5.14. The van der Waals surface area contributed by atoms with E-state index in [0.717, 1.165) is 19.3 Å². The standard InChI is InChI=1S/C27H32N2O5/c1-17(13-14-25(30)31)28-26(32)18-7-6-8-19(15-18)29-27(33)34-16-24-22-11-4-2-9-20(22)21-10-3-5-12-23(21)24/h2-5,9-12,17-19,24H,6-8,13-16H2,1H3,(H,28,32)(H,29,33)(H,30,31)/t17?,18-,19+/m1/s1. The van der Waals surface area contributed by atoms with Gasteiger partial charge >= 0.3 is 12.1 Å². The third-order valence-corrected chi connectivity index (χ3v) is 6.89. The molecule has 2 aromatic carbocycles. The summed E-state index contributed by atoms with van der Waals surface area (Å²) in [6.07, 6.45) is 2.94. The Labute approximate surface area is 199 Å². The normalized spacial score (nSPS) is 20.0. The number of rotatable bonds is 8. The summed E-state index contributed by atoms with van der Waals surface area (Å²) in [5.74, 6) is -1.13. The molecule has 0 aromatic heterocycles. The second-order valence-corrected chi connectivity index (χ2v) is 9.37. The molecule has 0 radical (unpaired) electrons. The van der Waals surface area contributed by atoms with Crippen molar-refractivity contribution in [2.45, 2.75) is 63.5 Å². The molecule has 2 aromatic rings. The van der Waals surface area contributed by atoms with Gasteiger partial charge in [0.15, 0.2) is 0 Å². The van der Waals surface area contributed by atoms with Crippen LogP contribution in [0.3, 0.4) is 0 Å². The number of hydrogen-bond acceptors (Lipinski definition) is 4. The van der Waals surface area contributed by atoms with Crippen LogP contribution in [0.4, 0.5) is 4.79 Å². The number of hydrogen-bond donors (Lipinski definition) is 3. The molecule has 2 aliphatic carbocycles. The molecule has 7 nitrogen and oxygen atoms in total.